The normalized spacial score (nSPS) is 10.2. The lowest BCUT2D eigenvalue weighted by Gasteiger charge is -1.91. The molecule has 2 heterocycles. The number of aromatic amines is 1. The predicted molar refractivity (Wildman–Crippen MR) is 84.5 cm³/mol. The summed E-state index contributed by atoms with van der Waals surface area (Å²) < 4.78 is 0. The van der Waals surface area contributed by atoms with Gasteiger partial charge in [-0.15, -0.1) is 0 Å². The molecule has 2 aromatic heterocycles. The van der Waals surface area contributed by atoms with Gasteiger partial charge in [-0.3, -0.25) is 4.98 Å². The molecule has 98 valence electrons. The largest absolute Gasteiger partial charge is 0.398 e. The molecule has 20 heavy (non-hydrogen) atoms. The van der Waals surface area contributed by atoms with Crippen molar-refractivity contribution in [3.8, 4) is 0 Å². The minimum atomic E-state index is 0.832. The van der Waals surface area contributed by atoms with Crippen molar-refractivity contribution in [3.05, 3.63) is 73.2 Å². The number of nitrogens with one attached hydrogen (secondary N) is 1. The van der Waals surface area contributed by atoms with Crippen LogP contribution in [0.25, 0.3) is 21.7 Å². The summed E-state index contributed by atoms with van der Waals surface area (Å²) in [5, 5.41) is 3.47. The van der Waals surface area contributed by atoms with Crippen LogP contribution in [-0.4, -0.2) is 9.97 Å². The first-order chi connectivity index (χ1) is 9.84. The van der Waals surface area contributed by atoms with Gasteiger partial charge in [-0.25, -0.2) is 0 Å². The fourth-order valence-electron chi connectivity index (χ4n) is 2.13. The first-order valence-corrected chi connectivity index (χ1v) is 6.45. The summed E-state index contributed by atoms with van der Waals surface area (Å²) in [7, 11) is 0. The van der Waals surface area contributed by atoms with Crippen LogP contribution in [0.4, 0.5) is 5.69 Å². The number of H-pyrrole nitrogens is 1. The van der Waals surface area contributed by atoms with Gasteiger partial charge >= 0.3 is 0 Å². The summed E-state index contributed by atoms with van der Waals surface area (Å²) in [5.41, 5.74) is 7.57. The standard InChI is InChI=1S/C9H7N.C8H8N2/c1-2-6-9-8(4-1)5-3-7-10-9;9-8-3-1-2-6-4-10-5-7(6)8/h1-7H;1-5,10H,9H2. The molecular weight excluding hydrogens is 246 g/mol. The molecule has 3 N–H and O–H groups in total. The average Bonchev–Trinajstić information content (AvgIpc) is 2.98. The van der Waals surface area contributed by atoms with Crippen molar-refractivity contribution in [2.75, 3.05) is 5.73 Å². The number of para-hydroxylation sites is 1. The summed E-state index contributed by atoms with van der Waals surface area (Å²) in [6.45, 7) is 0. The van der Waals surface area contributed by atoms with Gasteiger partial charge in [0.2, 0.25) is 0 Å². The van der Waals surface area contributed by atoms with Crippen LogP contribution in [0, 0.1) is 0 Å². The van der Waals surface area contributed by atoms with Crippen molar-refractivity contribution in [3.63, 3.8) is 0 Å². The molecule has 0 saturated carbocycles. The molecule has 0 amide bonds. The molecular formula is C17H15N3. The zero-order valence-electron chi connectivity index (χ0n) is 11.0. The monoisotopic (exact) mass is 261 g/mol. The van der Waals surface area contributed by atoms with Crippen molar-refractivity contribution in [2.45, 2.75) is 0 Å². The molecule has 0 fully saturated rings. The Morgan fingerprint density at radius 1 is 0.800 bits per heavy atom. The van der Waals surface area contributed by atoms with E-state index in [1.807, 2.05) is 61.1 Å². The third-order valence-electron chi connectivity index (χ3n) is 3.15. The summed E-state index contributed by atoms with van der Waals surface area (Å²) >= 11 is 0. The van der Waals surface area contributed by atoms with Gasteiger partial charge in [0.05, 0.1) is 5.52 Å². The lowest BCUT2D eigenvalue weighted by molar-refractivity contribution is 1.41. The van der Waals surface area contributed by atoms with Crippen LogP contribution in [0.2, 0.25) is 0 Å². The molecule has 2 aromatic carbocycles. The van der Waals surface area contributed by atoms with Gasteiger partial charge in [0, 0.05) is 40.4 Å². The van der Waals surface area contributed by atoms with Gasteiger partial charge in [0.15, 0.2) is 0 Å². The molecule has 0 bridgehead atoms. The molecule has 0 aliphatic heterocycles. The zero-order valence-corrected chi connectivity index (χ0v) is 11.0. The number of nitrogens with two attached hydrogens (primary N) is 1. The average molecular weight is 261 g/mol. The van der Waals surface area contributed by atoms with Gasteiger partial charge < -0.3 is 10.7 Å². The van der Waals surface area contributed by atoms with Gasteiger partial charge in [-0.1, -0.05) is 36.4 Å². The maximum atomic E-state index is 5.68. The van der Waals surface area contributed by atoms with Crippen molar-refractivity contribution >= 4 is 27.4 Å². The number of benzene rings is 2. The van der Waals surface area contributed by atoms with Gasteiger partial charge in [-0.05, 0) is 18.2 Å². The van der Waals surface area contributed by atoms with E-state index in [1.165, 1.54) is 10.8 Å². The lowest BCUT2D eigenvalue weighted by Crippen LogP contribution is -1.82. The van der Waals surface area contributed by atoms with Crippen LogP contribution in [-0.2, 0) is 0 Å². The number of fused-ring (bicyclic) bond motifs is 2. The van der Waals surface area contributed by atoms with Crippen molar-refractivity contribution in [1.29, 1.82) is 0 Å². The number of pyridine rings is 1. The zero-order chi connectivity index (χ0) is 13.8. The summed E-state index contributed by atoms with van der Waals surface area (Å²) in [4.78, 5) is 7.18. The number of hydrogen-bond donors (Lipinski definition) is 2. The number of aromatic nitrogens is 2. The van der Waals surface area contributed by atoms with E-state index in [0.717, 1.165) is 16.6 Å². The first-order valence-electron chi connectivity index (χ1n) is 6.45. The van der Waals surface area contributed by atoms with E-state index in [1.54, 1.807) is 0 Å². The summed E-state index contributed by atoms with van der Waals surface area (Å²) in [6.07, 6.45) is 5.65. The molecule has 3 heteroatoms. The Kier molecular flexibility index (Phi) is 3.33. The highest BCUT2D eigenvalue weighted by molar-refractivity contribution is 5.92. The Hall–Kier alpha value is -2.81. The lowest BCUT2D eigenvalue weighted by atomic mass is 10.2. The van der Waals surface area contributed by atoms with E-state index in [9.17, 15) is 0 Å². The SMILES string of the molecule is Nc1cccc2c[nH]cc12.c1ccc2ncccc2c1. The first kappa shape index (κ1) is 12.2. The van der Waals surface area contributed by atoms with Crippen LogP contribution < -0.4 is 5.73 Å². The second-order valence-corrected chi connectivity index (χ2v) is 4.50. The number of nitrogens with zero attached hydrogens (tertiary/aromatic N) is 1. The molecule has 0 aliphatic carbocycles. The second-order valence-electron chi connectivity index (χ2n) is 4.50. The Morgan fingerprint density at radius 3 is 2.45 bits per heavy atom. The molecule has 4 rings (SSSR count). The number of hydrogen-bond acceptors (Lipinski definition) is 2. The van der Waals surface area contributed by atoms with Crippen LogP contribution >= 0.6 is 0 Å². The maximum Gasteiger partial charge on any atom is 0.0701 e. The van der Waals surface area contributed by atoms with Crippen LogP contribution in [0.1, 0.15) is 0 Å². The summed E-state index contributed by atoms with van der Waals surface area (Å²) in [5.74, 6) is 0. The molecule has 0 aliphatic rings. The predicted octanol–water partition coefficient (Wildman–Crippen LogP) is 3.98. The molecule has 0 atom stereocenters. The van der Waals surface area contributed by atoms with Crippen molar-refractivity contribution in [1.82, 2.24) is 9.97 Å². The Morgan fingerprint density at radius 2 is 1.60 bits per heavy atom. The Bertz CT molecular complexity index is 768. The van der Waals surface area contributed by atoms with Gasteiger partial charge in [-0.2, -0.15) is 0 Å². The molecule has 0 radical (unpaired) electrons. The van der Waals surface area contributed by atoms with E-state index in [-0.39, 0.29) is 0 Å². The van der Waals surface area contributed by atoms with Gasteiger partial charge in [0.1, 0.15) is 0 Å². The molecule has 4 aromatic rings. The van der Waals surface area contributed by atoms with E-state index in [4.69, 9.17) is 5.73 Å². The fourth-order valence-corrected chi connectivity index (χ4v) is 2.13. The summed E-state index contributed by atoms with van der Waals surface area (Å²) in [6, 6.07) is 18.0. The third kappa shape index (κ3) is 2.47. The van der Waals surface area contributed by atoms with Crippen LogP contribution in [0.5, 0.6) is 0 Å². The van der Waals surface area contributed by atoms with Gasteiger partial charge in [0.25, 0.3) is 0 Å². The minimum Gasteiger partial charge on any atom is -0.398 e. The van der Waals surface area contributed by atoms with E-state index >= 15 is 0 Å². The highest BCUT2D eigenvalue weighted by atomic mass is 14.7. The Balaban J connectivity index is 0.000000121. The molecule has 3 nitrogen and oxygen atoms in total. The van der Waals surface area contributed by atoms with Crippen molar-refractivity contribution < 1.29 is 0 Å². The molecule has 0 unspecified atom stereocenters. The molecule has 0 saturated heterocycles. The van der Waals surface area contributed by atoms with E-state index in [2.05, 4.69) is 22.1 Å². The van der Waals surface area contributed by atoms with Crippen LogP contribution in [0.15, 0.2) is 73.2 Å². The quantitative estimate of drug-likeness (QED) is 0.470. The highest BCUT2D eigenvalue weighted by Crippen LogP contribution is 2.18. The molecule has 0 spiro atoms. The number of rotatable bonds is 0. The topological polar surface area (TPSA) is 54.7 Å². The Labute approximate surface area is 117 Å². The second kappa shape index (κ2) is 5.45. The van der Waals surface area contributed by atoms with Crippen molar-refractivity contribution in [2.24, 2.45) is 0 Å². The maximum absolute atomic E-state index is 5.68. The minimum absolute atomic E-state index is 0.832. The highest BCUT2D eigenvalue weighted by Gasteiger charge is 1.94. The van der Waals surface area contributed by atoms with E-state index in [0.29, 0.717) is 0 Å². The van der Waals surface area contributed by atoms with Crippen LogP contribution in [0.3, 0.4) is 0 Å². The number of anilines is 1. The number of nitrogen functional groups attached to an aromatic ring is 1. The smallest absolute Gasteiger partial charge is 0.0701 e. The fraction of sp³-hybridized carbons (Fsp3) is 0. The van der Waals surface area contributed by atoms with E-state index < -0.39 is 0 Å². The third-order valence-corrected chi connectivity index (χ3v) is 3.15.